The lowest BCUT2D eigenvalue weighted by Gasteiger charge is -2.57. The summed E-state index contributed by atoms with van der Waals surface area (Å²) in [5, 5.41) is 9.10. The standard InChI is InChI=1S/C30H31N3O3/c31-19-21-6-8-25(9-7-21)33-27(34)15-26(28(33)35)32(11-10-20-4-2-1-3-5-20)29(36)30-16-22-12-23(17-30)14-24(13-22)18-30/h1-9,22-24,26H,10-18H2. The molecule has 4 aliphatic carbocycles. The van der Waals surface area contributed by atoms with E-state index in [4.69, 9.17) is 5.26 Å². The fraction of sp³-hybridized carbons (Fsp3) is 0.467. The summed E-state index contributed by atoms with van der Waals surface area (Å²) >= 11 is 0. The smallest absolute Gasteiger partial charge is 0.257 e. The summed E-state index contributed by atoms with van der Waals surface area (Å²) in [6, 6.07) is 17.8. The molecule has 3 amide bonds. The predicted octanol–water partition coefficient (Wildman–Crippen LogP) is 4.48. The third-order valence-electron chi connectivity index (χ3n) is 8.99. The minimum absolute atomic E-state index is 0.00568. The van der Waals surface area contributed by atoms with Gasteiger partial charge in [-0.05, 0) is 92.5 Å². The minimum atomic E-state index is -0.780. The number of carbonyl (C=O) groups is 3. The fourth-order valence-corrected chi connectivity index (χ4v) is 7.79. The lowest BCUT2D eigenvalue weighted by Crippen LogP contribution is -2.58. The molecule has 184 valence electrons. The molecule has 1 saturated heterocycles. The van der Waals surface area contributed by atoms with Crippen molar-refractivity contribution >= 4 is 23.4 Å². The van der Waals surface area contributed by atoms with Crippen LogP contribution < -0.4 is 4.90 Å². The molecule has 0 N–H and O–H groups in total. The van der Waals surface area contributed by atoms with E-state index in [0.29, 0.717) is 42.0 Å². The van der Waals surface area contributed by atoms with Gasteiger partial charge in [0.1, 0.15) is 6.04 Å². The molecule has 0 radical (unpaired) electrons. The SMILES string of the molecule is N#Cc1ccc(N2C(=O)CC(N(CCc3ccccc3)C(=O)C34CC5CC(CC(C5)C3)C4)C2=O)cc1. The van der Waals surface area contributed by atoms with Crippen molar-refractivity contribution in [3.8, 4) is 6.07 Å². The number of anilines is 1. The third-order valence-corrected chi connectivity index (χ3v) is 8.99. The summed E-state index contributed by atoms with van der Waals surface area (Å²) in [7, 11) is 0. The summed E-state index contributed by atoms with van der Waals surface area (Å²) in [6.45, 7) is 0.426. The van der Waals surface area contributed by atoms with Gasteiger partial charge in [0.2, 0.25) is 11.8 Å². The zero-order chi connectivity index (χ0) is 24.9. The van der Waals surface area contributed by atoms with Crippen LogP contribution in [0.1, 0.15) is 56.1 Å². The van der Waals surface area contributed by atoms with Crippen LogP contribution in [0.3, 0.4) is 0 Å². The quantitative estimate of drug-likeness (QED) is 0.570. The molecular formula is C30H31N3O3. The van der Waals surface area contributed by atoms with Crippen molar-refractivity contribution < 1.29 is 14.4 Å². The maximum absolute atomic E-state index is 14.4. The third kappa shape index (κ3) is 3.91. The molecule has 7 rings (SSSR count). The highest BCUT2D eigenvalue weighted by Crippen LogP contribution is 2.60. The average molecular weight is 482 g/mol. The summed E-state index contributed by atoms with van der Waals surface area (Å²) in [5.41, 5.74) is 1.66. The summed E-state index contributed by atoms with van der Waals surface area (Å²) in [5.74, 6) is 1.31. The Bertz CT molecular complexity index is 1200. The van der Waals surface area contributed by atoms with E-state index in [1.165, 1.54) is 24.2 Å². The molecule has 4 bridgehead atoms. The van der Waals surface area contributed by atoms with Crippen molar-refractivity contribution in [2.75, 3.05) is 11.4 Å². The van der Waals surface area contributed by atoms with Crippen molar-refractivity contribution in [1.82, 2.24) is 4.90 Å². The van der Waals surface area contributed by atoms with Crippen LogP contribution in [0.2, 0.25) is 0 Å². The van der Waals surface area contributed by atoms with Crippen LogP contribution in [0, 0.1) is 34.5 Å². The highest BCUT2D eigenvalue weighted by Gasteiger charge is 2.57. The maximum Gasteiger partial charge on any atom is 0.257 e. The molecule has 36 heavy (non-hydrogen) atoms. The van der Waals surface area contributed by atoms with Crippen LogP contribution in [0.15, 0.2) is 54.6 Å². The van der Waals surface area contributed by atoms with Crippen molar-refractivity contribution in [2.24, 2.45) is 23.2 Å². The maximum atomic E-state index is 14.4. The van der Waals surface area contributed by atoms with Gasteiger partial charge in [-0.2, -0.15) is 5.26 Å². The van der Waals surface area contributed by atoms with Crippen LogP contribution in [-0.2, 0) is 20.8 Å². The molecule has 0 spiro atoms. The molecule has 1 heterocycles. The Labute approximate surface area is 211 Å². The Morgan fingerprint density at radius 2 is 1.56 bits per heavy atom. The topological polar surface area (TPSA) is 81.5 Å². The highest BCUT2D eigenvalue weighted by molar-refractivity contribution is 6.23. The van der Waals surface area contributed by atoms with Crippen LogP contribution in [0.5, 0.6) is 0 Å². The summed E-state index contributed by atoms with van der Waals surface area (Å²) in [4.78, 5) is 44.2. The van der Waals surface area contributed by atoms with Gasteiger partial charge in [-0.25, -0.2) is 4.90 Å². The van der Waals surface area contributed by atoms with Crippen molar-refractivity contribution in [3.63, 3.8) is 0 Å². The fourth-order valence-electron chi connectivity index (χ4n) is 7.79. The first-order chi connectivity index (χ1) is 17.5. The first kappa shape index (κ1) is 23.0. The molecule has 5 fully saturated rings. The highest BCUT2D eigenvalue weighted by atomic mass is 16.2. The Hall–Kier alpha value is -3.46. The van der Waals surface area contributed by atoms with Gasteiger partial charge in [-0.3, -0.25) is 14.4 Å². The average Bonchev–Trinajstić information content (AvgIpc) is 3.17. The Morgan fingerprint density at radius 3 is 2.14 bits per heavy atom. The lowest BCUT2D eigenvalue weighted by atomic mass is 9.49. The van der Waals surface area contributed by atoms with E-state index in [1.54, 1.807) is 29.2 Å². The molecule has 2 aromatic rings. The van der Waals surface area contributed by atoms with Gasteiger partial charge in [-0.1, -0.05) is 30.3 Å². The molecule has 4 saturated carbocycles. The summed E-state index contributed by atoms with van der Waals surface area (Å²) < 4.78 is 0. The van der Waals surface area contributed by atoms with Gasteiger partial charge in [0, 0.05) is 6.54 Å². The second-order valence-corrected chi connectivity index (χ2v) is 11.4. The minimum Gasteiger partial charge on any atom is -0.329 e. The number of imide groups is 1. The number of amides is 3. The summed E-state index contributed by atoms with van der Waals surface area (Å²) in [6.07, 6.45) is 7.15. The molecule has 1 atom stereocenters. The van der Waals surface area contributed by atoms with E-state index in [9.17, 15) is 14.4 Å². The number of rotatable bonds is 6. The van der Waals surface area contributed by atoms with E-state index in [-0.39, 0.29) is 29.6 Å². The second-order valence-electron chi connectivity index (χ2n) is 11.4. The number of carbonyl (C=O) groups excluding carboxylic acids is 3. The van der Waals surface area contributed by atoms with E-state index in [0.717, 1.165) is 24.8 Å². The van der Waals surface area contributed by atoms with Gasteiger partial charge in [0.05, 0.1) is 29.2 Å². The molecule has 6 heteroatoms. The molecule has 1 aliphatic heterocycles. The Morgan fingerprint density at radius 1 is 0.944 bits per heavy atom. The van der Waals surface area contributed by atoms with Crippen LogP contribution in [-0.4, -0.2) is 35.2 Å². The molecule has 0 aromatic heterocycles. The van der Waals surface area contributed by atoms with E-state index >= 15 is 0 Å². The number of nitriles is 1. The molecule has 6 nitrogen and oxygen atoms in total. The first-order valence-electron chi connectivity index (χ1n) is 13.2. The number of benzene rings is 2. The van der Waals surface area contributed by atoms with Crippen molar-refractivity contribution in [1.29, 1.82) is 5.26 Å². The first-order valence-corrected chi connectivity index (χ1v) is 13.2. The zero-order valence-electron chi connectivity index (χ0n) is 20.4. The molecule has 5 aliphatic rings. The van der Waals surface area contributed by atoms with E-state index in [1.807, 2.05) is 30.3 Å². The molecule has 2 aromatic carbocycles. The number of hydrogen-bond donors (Lipinski definition) is 0. The number of hydrogen-bond acceptors (Lipinski definition) is 4. The molecule has 1 unspecified atom stereocenters. The Kier molecular flexibility index (Phi) is 5.67. The monoisotopic (exact) mass is 481 g/mol. The van der Waals surface area contributed by atoms with E-state index < -0.39 is 6.04 Å². The normalized spacial score (nSPS) is 30.5. The second kappa shape index (κ2) is 8.89. The van der Waals surface area contributed by atoms with Gasteiger partial charge in [-0.15, -0.1) is 0 Å². The largest absolute Gasteiger partial charge is 0.329 e. The van der Waals surface area contributed by atoms with Gasteiger partial charge >= 0.3 is 0 Å². The van der Waals surface area contributed by atoms with Gasteiger partial charge in [0.15, 0.2) is 0 Å². The number of nitrogens with zero attached hydrogens (tertiary/aromatic N) is 3. The zero-order valence-corrected chi connectivity index (χ0v) is 20.4. The van der Waals surface area contributed by atoms with Crippen LogP contribution >= 0.6 is 0 Å². The Balaban J connectivity index is 1.30. The van der Waals surface area contributed by atoms with Crippen LogP contribution in [0.25, 0.3) is 0 Å². The lowest BCUT2D eigenvalue weighted by molar-refractivity contribution is -0.161. The van der Waals surface area contributed by atoms with E-state index in [2.05, 4.69) is 6.07 Å². The molecular weight excluding hydrogens is 450 g/mol. The van der Waals surface area contributed by atoms with Crippen LogP contribution in [0.4, 0.5) is 5.69 Å². The van der Waals surface area contributed by atoms with Crippen molar-refractivity contribution in [2.45, 2.75) is 57.4 Å². The van der Waals surface area contributed by atoms with Gasteiger partial charge < -0.3 is 4.90 Å². The predicted molar refractivity (Wildman–Crippen MR) is 135 cm³/mol. The van der Waals surface area contributed by atoms with Gasteiger partial charge in [0.25, 0.3) is 5.91 Å². The van der Waals surface area contributed by atoms with Crippen molar-refractivity contribution in [3.05, 3.63) is 65.7 Å².